The van der Waals surface area contributed by atoms with Crippen LogP contribution in [0.2, 0.25) is 10.0 Å². The molecule has 2 heterocycles. The zero-order valence-electron chi connectivity index (χ0n) is 19.3. The molecule has 0 saturated carbocycles. The van der Waals surface area contributed by atoms with Gasteiger partial charge in [0.05, 0.1) is 22.8 Å². The summed E-state index contributed by atoms with van der Waals surface area (Å²) in [6.45, 7) is 8.29. The molecular formula is C24H27Cl2N3O3S. The number of anilines is 1. The molecule has 0 amide bonds. The van der Waals surface area contributed by atoms with Crippen molar-refractivity contribution in [2.24, 2.45) is 0 Å². The Kier molecular flexibility index (Phi) is 7.88. The summed E-state index contributed by atoms with van der Waals surface area (Å²) in [7, 11) is 1.91. The van der Waals surface area contributed by atoms with Crippen molar-refractivity contribution in [3.63, 3.8) is 0 Å². The highest BCUT2D eigenvalue weighted by molar-refractivity contribution is 7.15. The molecule has 0 saturated heterocycles. The molecular weight excluding hydrogens is 481 g/mol. The number of carbonyl (C=O) groups is 1. The Hall–Kier alpha value is -2.35. The fourth-order valence-corrected chi connectivity index (χ4v) is 4.49. The average Bonchev–Trinajstić information content (AvgIpc) is 3.17. The molecule has 0 radical (unpaired) electrons. The van der Waals surface area contributed by atoms with Crippen LogP contribution in [0.4, 0.5) is 5.13 Å². The number of aromatic nitrogens is 2. The van der Waals surface area contributed by atoms with Gasteiger partial charge in [0.2, 0.25) is 0 Å². The lowest BCUT2D eigenvalue weighted by molar-refractivity contribution is 0.00695. The molecule has 0 unspecified atom stereocenters. The van der Waals surface area contributed by atoms with E-state index in [0.29, 0.717) is 35.8 Å². The van der Waals surface area contributed by atoms with Crippen LogP contribution in [0.15, 0.2) is 41.3 Å². The van der Waals surface area contributed by atoms with Crippen molar-refractivity contribution in [3.05, 3.63) is 78.6 Å². The summed E-state index contributed by atoms with van der Waals surface area (Å²) < 4.78 is 7.02. The molecule has 2 aromatic heterocycles. The first-order valence-corrected chi connectivity index (χ1v) is 12.1. The highest BCUT2D eigenvalue weighted by atomic mass is 35.5. The monoisotopic (exact) mass is 507 g/mol. The van der Waals surface area contributed by atoms with Crippen molar-refractivity contribution < 1.29 is 9.53 Å². The van der Waals surface area contributed by atoms with Crippen LogP contribution < -0.4 is 10.5 Å². The maximum absolute atomic E-state index is 12.8. The molecule has 3 aromatic rings. The summed E-state index contributed by atoms with van der Waals surface area (Å²) in [6.07, 6.45) is 2.38. The number of hydrogen-bond donors (Lipinski definition) is 0. The van der Waals surface area contributed by atoms with Crippen LogP contribution in [0.1, 0.15) is 47.3 Å². The molecule has 0 bridgehead atoms. The maximum Gasteiger partial charge on any atom is 0.338 e. The zero-order valence-corrected chi connectivity index (χ0v) is 21.6. The molecule has 0 N–H and O–H groups in total. The van der Waals surface area contributed by atoms with Crippen LogP contribution in [-0.2, 0) is 24.2 Å². The van der Waals surface area contributed by atoms with Crippen molar-refractivity contribution in [2.75, 3.05) is 11.9 Å². The standard InChI is InChI=1S/C24H27Cl2N3O3S/c1-15-13-27-23(33-15)28(5)14-20-18(25)12-19(26)21(30)29(20)11-10-16-6-8-17(9-7-16)22(31)32-24(2,3)4/h6-9,12-13H,10-11,14H2,1-5H3. The number of halogens is 2. The summed E-state index contributed by atoms with van der Waals surface area (Å²) in [6, 6.07) is 8.68. The Bertz CT molecular complexity index is 1200. The summed E-state index contributed by atoms with van der Waals surface area (Å²) in [5.74, 6) is -0.366. The third kappa shape index (κ3) is 6.59. The summed E-state index contributed by atoms with van der Waals surface area (Å²) >= 11 is 14.2. The second kappa shape index (κ2) is 10.3. The van der Waals surface area contributed by atoms with Gasteiger partial charge in [-0.15, -0.1) is 11.3 Å². The van der Waals surface area contributed by atoms with Gasteiger partial charge >= 0.3 is 5.97 Å². The van der Waals surface area contributed by atoms with Gasteiger partial charge in [0.1, 0.15) is 10.6 Å². The summed E-state index contributed by atoms with van der Waals surface area (Å²) in [4.78, 5) is 32.5. The van der Waals surface area contributed by atoms with Crippen molar-refractivity contribution in [2.45, 2.75) is 52.8 Å². The average molecular weight is 508 g/mol. The highest BCUT2D eigenvalue weighted by Crippen LogP contribution is 2.25. The fraction of sp³-hybridized carbons (Fsp3) is 0.375. The lowest BCUT2D eigenvalue weighted by atomic mass is 10.1. The molecule has 176 valence electrons. The smallest absolute Gasteiger partial charge is 0.338 e. The van der Waals surface area contributed by atoms with Gasteiger partial charge in [0.25, 0.3) is 5.56 Å². The predicted molar refractivity (Wildman–Crippen MR) is 135 cm³/mol. The van der Waals surface area contributed by atoms with Gasteiger partial charge in [0.15, 0.2) is 5.13 Å². The van der Waals surface area contributed by atoms with Crippen LogP contribution in [0.25, 0.3) is 0 Å². The van der Waals surface area contributed by atoms with E-state index in [1.165, 1.54) is 6.07 Å². The molecule has 0 fully saturated rings. The first-order chi connectivity index (χ1) is 15.4. The third-order valence-electron chi connectivity index (χ3n) is 4.84. The molecule has 9 heteroatoms. The minimum atomic E-state index is -0.552. The van der Waals surface area contributed by atoms with E-state index >= 15 is 0 Å². The molecule has 33 heavy (non-hydrogen) atoms. The van der Waals surface area contributed by atoms with E-state index < -0.39 is 5.60 Å². The van der Waals surface area contributed by atoms with Crippen LogP contribution in [0, 0.1) is 6.92 Å². The number of rotatable bonds is 7. The number of thiazole rings is 1. The number of ether oxygens (including phenoxy) is 1. The van der Waals surface area contributed by atoms with E-state index in [1.807, 2.05) is 58.0 Å². The first-order valence-electron chi connectivity index (χ1n) is 10.5. The van der Waals surface area contributed by atoms with E-state index in [2.05, 4.69) is 4.98 Å². The van der Waals surface area contributed by atoms with Gasteiger partial charge in [-0.25, -0.2) is 9.78 Å². The topological polar surface area (TPSA) is 64.4 Å². The van der Waals surface area contributed by atoms with E-state index in [-0.39, 0.29) is 16.6 Å². The molecule has 0 aliphatic carbocycles. The Morgan fingerprint density at radius 1 is 1.18 bits per heavy atom. The second-order valence-corrected chi connectivity index (χ2v) is 10.8. The van der Waals surface area contributed by atoms with E-state index in [9.17, 15) is 9.59 Å². The molecule has 0 aliphatic rings. The Labute approximate surface area is 207 Å². The van der Waals surface area contributed by atoms with Crippen molar-refractivity contribution >= 4 is 45.6 Å². The summed E-state index contributed by atoms with van der Waals surface area (Å²) in [5, 5.41) is 1.35. The van der Waals surface area contributed by atoms with Gasteiger partial charge in [-0.05, 0) is 57.9 Å². The van der Waals surface area contributed by atoms with Gasteiger partial charge < -0.3 is 14.2 Å². The van der Waals surface area contributed by atoms with Crippen LogP contribution in [0.3, 0.4) is 0 Å². The molecule has 0 aliphatic heterocycles. The largest absolute Gasteiger partial charge is 0.456 e. The predicted octanol–water partition coefficient (Wildman–Crippen LogP) is 5.75. The SMILES string of the molecule is Cc1cnc(N(C)Cc2c(Cl)cc(Cl)c(=O)n2CCc2ccc(C(=O)OC(C)(C)C)cc2)s1. The van der Waals surface area contributed by atoms with E-state index in [0.717, 1.165) is 15.6 Å². The number of hydrogen-bond acceptors (Lipinski definition) is 6. The summed E-state index contributed by atoms with van der Waals surface area (Å²) in [5.41, 5.74) is 1.29. The number of carbonyl (C=O) groups excluding carboxylic acids is 1. The third-order valence-corrected chi connectivity index (χ3v) is 6.46. The molecule has 6 nitrogen and oxygen atoms in total. The lowest BCUT2D eigenvalue weighted by Gasteiger charge is -2.21. The van der Waals surface area contributed by atoms with E-state index in [4.69, 9.17) is 27.9 Å². The highest BCUT2D eigenvalue weighted by Gasteiger charge is 2.18. The molecule has 1 aromatic carbocycles. The normalized spacial score (nSPS) is 11.5. The lowest BCUT2D eigenvalue weighted by Crippen LogP contribution is -2.29. The minimum Gasteiger partial charge on any atom is -0.456 e. The zero-order chi connectivity index (χ0) is 24.3. The van der Waals surface area contributed by atoms with Gasteiger partial charge in [-0.1, -0.05) is 35.3 Å². The second-order valence-electron chi connectivity index (χ2n) is 8.80. The number of esters is 1. The number of nitrogens with zero attached hydrogens (tertiary/aromatic N) is 3. The van der Waals surface area contributed by atoms with Crippen molar-refractivity contribution in [3.8, 4) is 0 Å². The number of aryl methyl sites for hydroxylation is 2. The van der Waals surface area contributed by atoms with Crippen LogP contribution >= 0.6 is 34.5 Å². The molecule has 0 spiro atoms. The first kappa shape index (κ1) is 25.3. The maximum atomic E-state index is 12.8. The van der Waals surface area contributed by atoms with Gasteiger partial charge in [-0.3, -0.25) is 4.79 Å². The van der Waals surface area contributed by atoms with E-state index in [1.54, 1.807) is 28.0 Å². The van der Waals surface area contributed by atoms with Crippen LogP contribution in [-0.4, -0.2) is 28.2 Å². The number of pyridine rings is 1. The minimum absolute atomic E-state index is 0.0803. The number of benzene rings is 1. The molecule has 3 rings (SSSR count). The van der Waals surface area contributed by atoms with Crippen LogP contribution in [0.5, 0.6) is 0 Å². The molecule has 0 atom stereocenters. The Balaban J connectivity index is 1.79. The quantitative estimate of drug-likeness (QED) is 0.380. The fourth-order valence-electron chi connectivity index (χ4n) is 3.23. The van der Waals surface area contributed by atoms with Gasteiger partial charge in [-0.2, -0.15) is 0 Å². The Morgan fingerprint density at radius 2 is 1.85 bits per heavy atom. The Morgan fingerprint density at radius 3 is 2.42 bits per heavy atom. The van der Waals surface area contributed by atoms with Crippen molar-refractivity contribution in [1.82, 2.24) is 9.55 Å². The van der Waals surface area contributed by atoms with Crippen molar-refractivity contribution in [1.29, 1.82) is 0 Å². The van der Waals surface area contributed by atoms with Gasteiger partial charge in [0, 0.05) is 24.7 Å².